The second kappa shape index (κ2) is 15.9. The van der Waals surface area contributed by atoms with Crippen molar-refractivity contribution in [2.45, 2.75) is 113 Å². The van der Waals surface area contributed by atoms with Gasteiger partial charge < -0.3 is 4.98 Å². The van der Waals surface area contributed by atoms with Crippen LogP contribution in [-0.2, 0) is 6.54 Å². The summed E-state index contributed by atoms with van der Waals surface area (Å²) < 4.78 is 1.78. The van der Waals surface area contributed by atoms with Gasteiger partial charge in [0.2, 0.25) is 0 Å². The quantitative estimate of drug-likeness (QED) is 0.123. The lowest BCUT2D eigenvalue weighted by molar-refractivity contribution is 0.441. The van der Waals surface area contributed by atoms with E-state index in [1.807, 2.05) is 53.7 Å². The molecule has 4 aromatic rings. The van der Waals surface area contributed by atoms with Gasteiger partial charge in [-0.15, -0.1) is 0 Å². The predicted molar refractivity (Wildman–Crippen MR) is 194 cm³/mol. The lowest BCUT2D eigenvalue weighted by Gasteiger charge is -2.19. The Kier molecular flexibility index (Phi) is 12.2. The van der Waals surface area contributed by atoms with Crippen LogP contribution < -0.4 is 22.5 Å². The average Bonchev–Trinajstić information content (AvgIpc) is 3.45. The first-order valence-electron chi connectivity index (χ1n) is 16.1. The number of aryl methyl sites for hydroxylation is 4. The summed E-state index contributed by atoms with van der Waals surface area (Å²) in [4.78, 5) is 58.3. The summed E-state index contributed by atoms with van der Waals surface area (Å²) in [6, 6.07) is 12.5. The molecule has 1 aliphatic rings. The van der Waals surface area contributed by atoms with Crippen LogP contribution in [0.15, 0.2) is 87.6 Å². The predicted octanol–water partition coefficient (Wildman–Crippen LogP) is 7.74. The largest absolute Gasteiger partial charge is 0.329 e. The number of hydrogen-bond acceptors (Lipinski definition) is 6. The molecule has 47 heavy (non-hydrogen) atoms. The van der Waals surface area contributed by atoms with Gasteiger partial charge in [-0.3, -0.25) is 24.1 Å². The first-order valence-corrected chi connectivity index (χ1v) is 17.8. The van der Waals surface area contributed by atoms with E-state index < -0.39 is 5.69 Å². The molecular formula is C37H46N4O4S2. The summed E-state index contributed by atoms with van der Waals surface area (Å²) in [6.07, 6.45) is 7.52. The van der Waals surface area contributed by atoms with Gasteiger partial charge in [0.15, 0.2) is 0 Å². The highest BCUT2D eigenvalue weighted by atomic mass is 32.2. The van der Waals surface area contributed by atoms with E-state index in [0.717, 1.165) is 45.2 Å². The normalized spacial score (nSPS) is 13.0. The fraction of sp³-hybridized carbons (Fsp3) is 0.405. The van der Waals surface area contributed by atoms with Gasteiger partial charge in [0.25, 0.3) is 11.1 Å². The van der Waals surface area contributed by atoms with Crippen molar-refractivity contribution >= 4 is 23.5 Å². The van der Waals surface area contributed by atoms with E-state index in [0.29, 0.717) is 28.6 Å². The SMILES string of the molecule is Cc1cc(C)cc(Sc2[nH]c(=O)[nH]c(=O)c2C(C)C)c1.Cc1cc(C)cc(Sc2c(C(C)C)c(=O)[nH]c(=O)n2CCC2CC=CC2)c1. The Morgan fingerprint density at radius 2 is 1.17 bits per heavy atom. The van der Waals surface area contributed by atoms with E-state index >= 15 is 0 Å². The van der Waals surface area contributed by atoms with E-state index in [2.05, 4.69) is 65.2 Å². The van der Waals surface area contributed by atoms with Crippen molar-refractivity contribution in [2.75, 3.05) is 0 Å². The lowest BCUT2D eigenvalue weighted by atomic mass is 10.0. The van der Waals surface area contributed by atoms with Crippen molar-refractivity contribution in [1.82, 2.24) is 19.5 Å². The van der Waals surface area contributed by atoms with Crippen molar-refractivity contribution in [3.8, 4) is 0 Å². The van der Waals surface area contributed by atoms with Crippen LogP contribution in [-0.4, -0.2) is 19.5 Å². The maximum absolute atomic E-state index is 12.6. The van der Waals surface area contributed by atoms with Gasteiger partial charge in [-0.25, -0.2) is 9.59 Å². The smallest absolute Gasteiger partial charge is 0.301 e. The van der Waals surface area contributed by atoms with Gasteiger partial charge in [0.1, 0.15) is 0 Å². The second-order valence-electron chi connectivity index (χ2n) is 13.0. The third-order valence-electron chi connectivity index (χ3n) is 7.98. The summed E-state index contributed by atoms with van der Waals surface area (Å²) >= 11 is 2.96. The molecule has 0 bridgehead atoms. The zero-order chi connectivity index (χ0) is 34.4. The van der Waals surface area contributed by atoms with Crippen LogP contribution in [0.25, 0.3) is 0 Å². The minimum atomic E-state index is -0.466. The molecule has 250 valence electrons. The van der Waals surface area contributed by atoms with Crippen LogP contribution in [0.2, 0.25) is 0 Å². The highest BCUT2D eigenvalue weighted by Crippen LogP contribution is 2.34. The van der Waals surface area contributed by atoms with Gasteiger partial charge in [-0.2, -0.15) is 0 Å². The fourth-order valence-corrected chi connectivity index (χ4v) is 8.65. The molecule has 0 saturated heterocycles. The molecule has 0 radical (unpaired) electrons. The molecule has 0 aliphatic heterocycles. The number of hydrogen-bond donors (Lipinski definition) is 3. The van der Waals surface area contributed by atoms with E-state index in [1.165, 1.54) is 34.7 Å². The summed E-state index contributed by atoms with van der Waals surface area (Å²) in [7, 11) is 0. The number of H-pyrrole nitrogens is 3. The Bertz CT molecular complexity index is 1950. The zero-order valence-corrected chi connectivity index (χ0v) is 30.2. The van der Waals surface area contributed by atoms with Gasteiger partial charge in [0, 0.05) is 16.3 Å². The van der Waals surface area contributed by atoms with E-state index in [1.54, 1.807) is 4.57 Å². The molecule has 0 fully saturated rings. The maximum atomic E-state index is 12.6. The third kappa shape index (κ3) is 9.64. The van der Waals surface area contributed by atoms with Crippen molar-refractivity contribution in [3.63, 3.8) is 0 Å². The summed E-state index contributed by atoms with van der Waals surface area (Å²) in [5.74, 6) is 0.677. The van der Waals surface area contributed by atoms with Crippen molar-refractivity contribution in [1.29, 1.82) is 0 Å². The topological polar surface area (TPSA) is 121 Å². The first-order chi connectivity index (χ1) is 22.2. The van der Waals surface area contributed by atoms with Gasteiger partial charge in [-0.05, 0) is 111 Å². The molecule has 10 heteroatoms. The molecule has 5 rings (SSSR count). The molecule has 0 unspecified atom stereocenters. The van der Waals surface area contributed by atoms with Gasteiger partial charge in [0.05, 0.1) is 21.2 Å². The van der Waals surface area contributed by atoms with Crippen LogP contribution >= 0.6 is 23.5 Å². The van der Waals surface area contributed by atoms with Crippen molar-refractivity contribution in [2.24, 2.45) is 5.92 Å². The van der Waals surface area contributed by atoms with Crippen LogP contribution in [0.3, 0.4) is 0 Å². The highest BCUT2D eigenvalue weighted by molar-refractivity contribution is 7.99. The molecule has 0 atom stereocenters. The average molecular weight is 675 g/mol. The van der Waals surface area contributed by atoms with E-state index in [-0.39, 0.29) is 28.6 Å². The van der Waals surface area contributed by atoms with Gasteiger partial charge in [-0.1, -0.05) is 75.5 Å². The van der Waals surface area contributed by atoms with Crippen LogP contribution in [0.5, 0.6) is 0 Å². The Labute approximate surface area is 284 Å². The summed E-state index contributed by atoms with van der Waals surface area (Å²) in [6.45, 7) is 16.7. The number of aromatic amines is 3. The highest BCUT2D eigenvalue weighted by Gasteiger charge is 2.20. The fourth-order valence-electron chi connectivity index (χ4n) is 5.90. The maximum Gasteiger partial charge on any atom is 0.329 e. The number of nitrogens with zero attached hydrogens (tertiary/aromatic N) is 1. The summed E-state index contributed by atoms with van der Waals surface area (Å²) in [5.41, 5.74) is 4.65. The zero-order valence-electron chi connectivity index (χ0n) is 28.6. The monoisotopic (exact) mass is 674 g/mol. The number of rotatable bonds is 9. The molecule has 0 saturated carbocycles. The van der Waals surface area contributed by atoms with Gasteiger partial charge >= 0.3 is 11.4 Å². The molecule has 2 aromatic heterocycles. The van der Waals surface area contributed by atoms with E-state index in [9.17, 15) is 19.2 Å². The standard InChI is InChI=1S/C22H28N2O2S.C15H18N2O2S/c1-14(2)19-20(25)23-22(26)24(10-9-17-7-5-6-8-17)21(19)27-18-12-15(3)11-16(4)13-18;1-8(2)12-13(18)16-15(19)17-14(12)20-11-6-9(3)5-10(4)7-11/h5-6,11-14,17H,7-10H2,1-4H3,(H,23,25,26);5-8H,1-4H3,(H2,16,17,18,19). The lowest BCUT2D eigenvalue weighted by Crippen LogP contribution is -2.34. The van der Waals surface area contributed by atoms with Crippen LogP contribution in [0, 0.1) is 33.6 Å². The number of aromatic nitrogens is 4. The minimum absolute atomic E-state index is 0.0437. The van der Waals surface area contributed by atoms with Crippen molar-refractivity contribution < 1.29 is 0 Å². The Balaban J connectivity index is 0.000000223. The number of nitrogens with one attached hydrogen (secondary N) is 3. The number of allylic oxidation sites excluding steroid dienone is 2. The summed E-state index contributed by atoms with van der Waals surface area (Å²) in [5, 5.41) is 1.41. The third-order valence-corrected chi connectivity index (χ3v) is 10.1. The molecule has 3 N–H and O–H groups in total. The second-order valence-corrected chi connectivity index (χ2v) is 15.2. The molecule has 8 nitrogen and oxygen atoms in total. The Morgan fingerprint density at radius 1 is 0.681 bits per heavy atom. The van der Waals surface area contributed by atoms with E-state index in [4.69, 9.17) is 0 Å². The minimum Gasteiger partial charge on any atom is -0.301 e. The molecule has 0 amide bonds. The van der Waals surface area contributed by atoms with Crippen LogP contribution in [0.4, 0.5) is 0 Å². The Hall–Kier alpha value is -3.76. The Morgan fingerprint density at radius 3 is 1.68 bits per heavy atom. The molecule has 1 aliphatic carbocycles. The van der Waals surface area contributed by atoms with Crippen molar-refractivity contribution in [3.05, 3.63) is 124 Å². The molecule has 2 heterocycles. The molecular weight excluding hydrogens is 629 g/mol. The van der Waals surface area contributed by atoms with Crippen LogP contribution in [0.1, 0.15) is 92.2 Å². The number of benzene rings is 2. The molecule has 2 aromatic carbocycles. The molecule has 0 spiro atoms. The first kappa shape index (κ1) is 36.1.